The zero-order valence-corrected chi connectivity index (χ0v) is 22.3. The quantitative estimate of drug-likeness (QED) is 0.448. The number of rotatable bonds is 7. The fraction of sp³-hybridized carbons (Fsp3) is 0.571. The van der Waals surface area contributed by atoms with Gasteiger partial charge in [0.25, 0.3) is 0 Å². The fourth-order valence-electron chi connectivity index (χ4n) is 5.44. The van der Waals surface area contributed by atoms with E-state index in [9.17, 15) is 13.2 Å². The molecule has 2 saturated heterocycles. The van der Waals surface area contributed by atoms with Crippen LogP contribution in [-0.4, -0.2) is 62.4 Å². The lowest BCUT2D eigenvalue weighted by Crippen LogP contribution is -2.45. The number of hydrogen-bond acceptors (Lipinski definition) is 6. The lowest BCUT2D eigenvalue weighted by atomic mass is 10.0. The fourth-order valence-corrected chi connectivity index (χ4v) is 5.44. The summed E-state index contributed by atoms with van der Waals surface area (Å²) in [5.41, 5.74) is 9.80. The Morgan fingerprint density at radius 2 is 1.65 bits per heavy atom. The first kappa shape index (κ1) is 27.5. The van der Waals surface area contributed by atoms with Crippen LogP contribution < -0.4 is 21.3 Å². The zero-order valence-electron chi connectivity index (χ0n) is 22.3. The van der Waals surface area contributed by atoms with Crippen LogP contribution in [0, 0.1) is 13.8 Å². The molecule has 0 aromatic heterocycles. The molecule has 37 heavy (non-hydrogen) atoms. The third-order valence-corrected chi connectivity index (χ3v) is 7.31. The van der Waals surface area contributed by atoms with Gasteiger partial charge in [-0.25, -0.2) is 0 Å². The number of alkyl halides is 3. The van der Waals surface area contributed by atoms with Crippen molar-refractivity contribution in [3.63, 3.8) is 0 Å². The number of morpholine rings is 1. The number of benzene rings is 2. The Morgan fingerprint density at radius 3 is 2.24 bits per heavy atom. The maximum Gasteiger partial charge on any atom is 0.416 e. The monoisotopic (exact) mass is 519 g/mol. The van der Waals surface area contributed by atoms with E-state index in [1.807, 2.05) is 13.0 Å². The maximum absolute atomic E-state index is 13.7. The second kappa shape index (κ2) is 11.5. The van der Waals surface area contributed by atoms with Gasteiger partial charge in [0.2, 0.25) is 0 Å². The van der Waals surface area contributed by atoms with Gasteiger partial charge >= 0.3 is 6.18 Å². The number of nitrogens with two attached hydrogens (primary N) is 1. The Hall–Kier alpha value is -2.49. The molecular formula is C28H40F3N5O. The van der Waals surface area contributed by atoms with Crippen molar-refractivity contribution in [1.29, 1.82) is 0 Å². The smallest absolute Gasteiger partial charge is 0.381 e. The second-order valence-electron chi connectivity index (χ2n) is 10.5. The summed E-state index contributed by atoms with van der Waals surface area (Å²) in [6, 6.07) is 8.78. The van der Waals surface area contributed by atoms with Crippen molar-refractivity contribution < 1.29 is 17.9 Å². The van der Waals surface area contributed by atoms with Gasteiger partial charge in [-0.2, -0.15) is 13.2 Å². The Morgan fingerprint density at radius 1 is 0.973 bits per heavy atom. The van der Waals surface area contributed by atoms with Gasteiger partial charge in [0.15, 0.2) is 0 Å². The predicted molar refractivity (Wildman–Crippen MR) is 145 cm³/mol. The molecule has 204 valence electrons. The summed E-state index contributed by atoms with van der Waals surface area (Å²) in [4.78, 5) is 4.62. The Balaban J connectivity index is 1.57. The first-order valence-electron chi connectivity index (χ1n) is 13.2. The molecule has 0 radical (unpaired) electrons. The minimum Gasteiger partial charge on any atom is -0.381 e. The maximum atomic E-state index is 13.7. The number of halogens is 3. The van der Waals surface area contributed by atoms with Gasteiger partial charge in [0.1, 0.15) is 0 Å². The summed E-state index contributed by atoms with van der Waals surface area (Å²) in [5.74, 6) is 0. The number of hydrogen-bond donors (Lipinski definition) is 3. The highest BCUT2D eigenvalue weighted by molar-refractivity contribution is 5.80. The number of likely N-dealkylation sites (tertiary alicyclic amines) is 1. The molecule has 4 N–H and O–H groups in total. The summed E-state index contributed by atoms with van der Waals surface area (Å²) < 4.78 is 46.9. The molecule has 2 heterocycles. The zero-order chi connectivity index (χ0) is 26.7. The Bertz CT molecular complexity index is 1060. The molecule has 0 spiro atoms. The van der Waals surface area contributed by atoms with Crippen LogP contribution in [0.3, 0.4) is 0 Å². The van der Waals surface area contributed by atoms with Crippen molar-refractivity contribution in [3.8, 4) is 0 Å². The van der Waals surface area contributed by atoms with Crippen molar-refractivity contribution in [3.05, 3.63) is 47.0 Å². The highest BCUT2D eigenvalue weighted by Gasteiger charge is 2.32. The van der Waals surface area contributed by atoms with E-state index in [2.05, 4.69) is 46.4 Å². The molecule has 0 saturated carbocycles. The van der Waals surface area contributed by atoms with Crippen molar-refractivity contribution in [1.82, 2.24) is 4.90 Å². The normalized spacial score (nSPS) is 21.8. The molecule has 2 aliphatic rings. The SMILES string of the molecule is Cc1cc(N2CC(C)OC(C)C2)ccc1Nc1c(C)cc(C(F)(F)F)cc1NC1CCN(CCN)CC1. The third-order valence-electron chi connectivity index (χ3n) is 7.31. The molecule has 0 bridgehead atoms. The van der Waals surface area contributed by atoms with Crippen molar-refractivity contribution in [2.24, 2.45) is 5.73 Å². The van der Waals surface area contributed by atoms with E-state index in [4.69, 9.17) is 10.5 Å². The van der Waals surface area contributed by atoms with Crippen LogP contribution in [0.25, 0.3) is 0 Å². The highest BCUT2D eigenvalue weighted by atomic mass is 19.4. The van der Waals surface area contributed by atoms with Gasteiger partial charge in [-0.15, -0.1) is 0 Å². The van der Waals surface area contributed by atoms with Gasteiger partial charge in [0.05, 0.1) is 29.1 Å². The Kier molecular flexibility index (Phi) is 8.56. The van der Waals surface area contributed by atoms with E-state index >= 15 is 0 Å². The van der Waals surface area contributed by atoms with Crippen LogP contribution in [0.1, 0.15) is 43.4 Å². The number of piperidine rings is 1. The topological polar surface area (TPSA) is 65.8 Å². The molecule has 9 heteroatoms. The summed E-state index contributed by atoms with van der Waals surface area (Å²) >= 11 is 0. The van der Waals surface area contributed by atoms with Crippen LogP contribution in [0.2, 0.25) is 0 Å². The second-order valence-corrected chi connectivity index (χ2v) is 10.5. The standard InChI is InChI=1S/C28H40F3N5O/c1-18-14-24(36-16-20(3)37-21(4)17-36)5-6-25(18)34-27-19(2)13-22(28(29,30)31)15-26(27)33-23-7-10-35(11-8-23)12-9-32/h5-6,13-15,20-21,23,33-34H,7-12,16-17,32H2,1-4H3. The van der Waals surface area contributed by atoms with Crippen molar-refractivity contribution >= 4 is 22.7 Å². The molecule has 0 amide bonds. The van der Waals surface area contributed by atoms with E-state index in [0.29, 0.717) is 23.5 Å². The average Bonchev–Trinajstić information content (AvgIpc) is 2.82. The third kappa shape index (κ3) is 6.89. The van der Waals surface area contributed by atoms with Gasteiger partial charge in [-0.1, -0.05) is 0 Å². The molecule has 4 rings (SSSR count). The van der Waals surface area contributed by atoms with E-state index in [-0.39, 0.29) is 18.2 Å². The van der Waals surface area contributed by atoms with Crippen LogP contribution in [0.4, 0.5) is 35.9 Å². The molecule has 6 nitrogen and oxygen atoms in total. The molecule has 2 aromatic rings. The molecule has 2 aliphatic heterocycles. The highest BCUT2D eigenvalue weighted by Crippen LogP contribution is 2.39. The predicted octanol–water partition coefficient (Wildman–Crippen LogP) is 5.51. The summed E-state index contributed by atoms with van der Waals surface area (Å²) in [7, 11) is 0. The molecular weight excluding hydrogens is 479 g/mol. The van der Waals surface area contributed by atoms with Crippen LogP contribution in [0.15, 0.2) is 30.3 Å². The first-order valence-corrected chi connectivity index (χ1v) is 13.2. The molecule has 2 atom stereocenters. The minimum absolute atomic E-state index is 0.103. The Labute approximate surface area is 218 Å². The number of aryl methyl sites for hydroxylation is 2. The molecule has 2 unspecified atom stereocenters. The van der Waals surface area contributed by atoms with Crippen LogP contribution >= 0.6 is 0 Å². The van der Waals surface area contributed by atoms with Crippen molar-refractivity contribution in [2.75, 3.05) is 54.8 Å². The number of nitrogens with one attached hydrogen (secondary N) is 2. The summed E-state index contributed by atoms with van der Waals surface area (Å²) in [6.45, 7) is 12.8. The van der Waals surface area contributed by atoms with Gasteiger partial charge in [-0.05, 0) is 82.0 Å². The molecule has 2 fully saturated rings. The first-order chi connectivity index (χ1) is 17.5. The van der Waals surface area contributed by atoms with E-state index in [1.54, 1.807) is 6.92 Å². The van der Waals surface area contributed by atoms with Crippen molar-refractivity contribution in [2.45, 2.75) is 65.0 Å². The largest absolute Gasteiger partial charge is 0.416 e. The van der Waals surface area contributed by atoms with Gasteiger partial charge in [0, 0.05) is 56.7 Å². The molecule has 0 aliphatic carbocycles. The number of anilines is 4. The van der Waals surface area contributed by atoms with Gasteiger partial charge in [-0.3, -0.25) is 0 Å². The van der Waals surface area contributed by atoms with E-state index in [1.165, 1.54) is 12.1 Å². The summed E-state index contributed by atoms with van der Waals surface area (Å²) in [6.07, 6.45) is -2.37. The van der Waals surface area contributed by atoms with E-state index < -0.39 is 11.7 Å². The lowest BCUT2D eigenvalue weighted by molar-refractivity contribution is -0.137. The van der Waals surface area contributed by atoms with E-state index in [0.717, 1.165) is 62.5 Å². The average molecular weight is 520 g/mol. The lowest BCUT2D eigenvalue weighted by Gasteiger charge is -2.37. The number of ether oxygens (including phenoxy) is 1. The van der Waals surface area contributed by atoms with Gasteiger partial charge < -0.3 is 30.9 Å². The van der Waals surface area contributed by atoms with Crippen LogP contribution in [0.5, 0.6) is 0 Å². The molecule has 2 aromatic carbocycles. The number of nitrogens with zero attached hydrogens (tertiary/aromatic N) is 2. The van der Waals surface area contributed by atoms with Crippen LogP contribution in [-0.2, 0) is 10.9 Å². The minimum atomic E-state index is -4.41. The summed E-state index contributed by atoms with van der Waals surface area (Å²) in [5, 5.41) is 6.89.